The van der Waals surface area contributed by atoms with Gasteiger partial charge in [-0.1, -0.05) is 5.16 Å². The van der Waals surface area contributed by atoms with Crippen LogP contribution >= 0.6 is 23.1 Å². The number of aromatic carboxylic acids is 1. The van der Waals surface area contributed by atoms with Crippen molar-refractivity contribution in [3.63, 3.8) is 0 Å². The standard InChI is InChI=1S/C32H35N7O14S2/c1-13-15(11-39(7-2-3-8-39)9-6-34-25(44)14-4-5-17(40)24(43)20(14)30(49)50)23(31(51)52)38-27(46)22(28(38)55-13)36-26(45)21(16-12-54-32(33)35-16)37-53-18(29(47)48)10-19(41)42/h4-5,12-13,18,22,28H,2-3,6-11H2,1H3,(H9-,33,34,35,36,37,40,41,42,43,44,45,47,48,49,50,51,52)/p+1/t13-,18-,22+,28+/m0/s1. The predicted molar refractivity (Wildman–Crippen MR) is 190 cm³/mol. The first kappa shape index (κ1) is 40.2. The Bertz CT molecular complexity index is 2010. The van der Waals surface area contributed by atoms with Crippen LogP contribution < -0.4 is 16.4 Å². The number of β-lactam (4-membered cyclic amide) rings is 1. The van der Waals surface area contributed by atoms with Crippen molar-refractivity contribution in [1.82, 2.24) is 20.5 Å². The second kappa shape index (κ2) is 16.2. The fourth-order valence-electron chi connectivity index (χ4n) is 6.63. The van der Waals surface area contributed by atoms with Gasteiger partial charge in [0, 0.05) is 29.0 Å². The number of phenols is 2. The summed E-state index contributed by atoms with van der Waals surface area (Å²) in [7, 11) is 0. The number of thiazole rings is 1. The zero-order valence-electron chi connectivity index (χ0n) is 28.8. The fourth-order valence-corrected chi connectivity index (χ4v) is 8.62. The summed E-state index contributed by atoms with van der Waals surface area (Å²) in [6.07, 6.45) is -1.37. The number of oxime groups is 1. The summed E-state index contributed by atoms with van der Waals surface area (Å²) in [5.41, 5.74) is 4.00. The number of likely N-dealkylation sites (tertiary alicyclic amines) is 1. The average Bonchev–Trinajstić information content (AvgIpc) is 3.76. The van der Waals surface area contributed by atoms with Gasteiger partial charge in [-0.3, -0.25) is 24.1 Å². The number of carboxylic acid groups (broad SMARTS) is 4. The van der Waals surface area contributed by atoms with Crippen LogP contribution in [0.25, 0.3) is 0 Å². The molecule has 0 saturated carbocycles. The number of fused-ring (bicyclic) bond motifs is 1. The van der Waals surface area contributed by atoms with Crippen LogP contribution in [0.2, 0.25) is 0 Å². The number of carbonyl (C=O) groups is 7. The highest BCUT2D eigenvalue weighted by Gasteiger charge is 2.57. The zero-order chi connectivity index (χ0) is 40.4. The van der Waals surface area contributed by atoms with Gasteiger partial charge >= 0.3 is 23.9 Å². The van der Waals surface area contributed by atoms with Crippen LogP contribution in [0.1, 0.15) is 52.6 Å². The number of nitrogens with two attached hydrogens (primary N) is 1. The summed E-state index contributed by atoms with van der Waals surface area (Å²) in [4.78, 5) is 97.0. The van der Waals surface area contributed by atoms with E-state index in [1.54, 1.807) is 6.92 Å². The van der Waals surface area contributed by atoms with Gasteiger partial charge in [-0.2, -0.15) is 0 Å². The number of phenolic OH excluding ortho intramolecular Hbond substituents is 1. The molecule has 4 heterocycles. The normalized spacial score (nSPS) is 20.9. The Morgan fingerprint density at radius 2 is 1.78 bits per heavy atom. The molecule has 294 valence electrons. The van der Waals surface area contributed by atoms with Crippen molar-refractivity contribution in [3.05, 3.63) is 45.6 Å². The number of nitrogens with zero attached hydrogens (tertiary/aromatic N) is 4. The molecular weight excluding hydrogens is 771 g/mol. The molecule has 2 saturated heterocycles. The first-order chi connectivity index (χ1) is 25.9. The van der Waals surface area contributed by atoms with E-state index in [2.05, 4.69) is 20.8 Å². The van der Waals surface area contributed by atoms with Crippen molar-refractivity contribution < 1.29 is 73.5 Å². The van der Waals surface area contributed by atoms with Gasteiger partial charge in [0.25, 0.3) is 17.7 Å². The number of aromatic hydroxyl groups is 2. The molecule has 0 spiro atoms. The molecule has 2 aromatic rings. The van der Waals surface area contributed by atoms with E-state index < -0.39 is 93.6 Å². The van der Waals surface area contributed by atoms with Crippen LogP contribution in [-0.4, -0.2) is 148 Å². The number of nitrogen functional groups attached to an aromatic ring is 1. The lowest BCUT2D eigenvalue weighted by Crippen LogP contribution is -2.71. The minimum atomic E-state index is -1.97. The molecule has 21 nitrogen and oxygen atoms in total. The molecule has 23 heteroatoms. The molecule has 10 N–H and O–H groups in total. The molecule has 0 bridgehead atoms. The number of hydrogen-bond acceptors (Lipinski definition) is 15. The predicted octanol–water partition coefficient (Wildman–Crippen LogP) is -0.349. The van der Waals surface area contributed by atoms with Crippen molar-refractivity contribution in [3.8, 4) is 11.5 Å². The summed E-state index contributed by atoms with van der Waals surface area (Å²) >= 11 is 2.13. The summed E-state index contributed by atoms with van der Waals surface area (Å²) in [6.45, 7) is 3.52. The fraction of sp³-hybridized carbons (Fsp3) is 0.406. The number of aliphatic carboxylic acids is 3. The number of thioether (sulfide) groups is 1. The second-order valence-electron chi connectivity index (χ2n) is 12.8. The number of rotatable bonds is 16. The number of amides is 3. The van der Waals surface area contributed by atoms with Crippen LogP contribution in [0.15, 0.2) is 33.9 Å². The number of anilines is 1. The van der Waals surface area contributed by atoms with Gasteiger partial charge < -0.3 is 56.3 Å². The van der Waals surface area contributed by atoms with Gasteiger partial charge in [0.2, 0.25) is 6.10 Å². The summed E-state index contributed by atoms with van der Waals surface area (Å²) < 4.78 is 0.340. The quantitative estimate of drug-likeness (QED) is 0.0344. The Morgan fingerprint density at radius 3 is 2.36 bits per heavy atom. The maximum Gasteiger partial charge on any atom is 0.352 e. The smallest absolute Gasteiger partial charge is 0.352 e. The Kier molecular flexibility index (Phi) is 11.9. The van der Waals surface area contributed by atoms with Crippen LogP contribution in [0.3, 0.4) is 0 Å². The molecule has 1 aromatic heterocycles. The Hall–Kier alpha value is -5.94. The van der Waals surface area contributed by atoms with Gasteiger partial charge in [0.05, 0.1) is 38.2 Å². The highest BCUT2D eigenvalue weighted by atomic mass is 32.2. The molecule has 3 aliphatic rings. The third-order valence-corrected chi connectivity index (χ3v) is 11.4. The molecule has 55 heavy (non-hydrogen) atoms. The lowest BCUT2D eigenvalue weighted by Gasteiger charge is -2.51. The van der Waals surface area contributed by atoms with E-state index >= 15 is 0 Å². The molecule has 0 radical (unpaired) electrons. The van der Waals surface area contributed by atoms with Crippen molar-refractivity contribution in [2.45, 2.75) is 49.0 Å². The molecule has 3 aliphatic heterocycles. The molecule has 5 rings (SSSR count). The van der Waals surface area contributed by atoms with Gasteiger partial charge in [-0.15, -0.1) is 23.1 Å². The van der Waals surface area contributed by atoms with Crippen molar-refractivity contribution >= 4 is 75.5 Å². The Balaban J connectivity index is 1.33. The second-order valence-corrected chi connectivity index (χ2v) is 15.2. The van der Waals surface area contributed by atoms with Gasteiger partial charge in [0.1, 0.15) is 34.9 Å². The summed E-state index contributed by atoms with van der Waals surface area (Å²) in [5, 5.41) is 66.6. The van der Waals surface area contributed by atoms with Gasteiger partial charge in [0.15, 0.2) is 22.3 Å². The van der Waals surface area contributed by atoms with Gasteiger partial charge in [-0.05, 0) is 19.1 Å². The molecule has 3 amide bonds. The van der Waals surface area contributed by atoms with E-state index in [0.717, 1.165) is 41.2 Å². The average molecular weight is 807 g/mol. The molecule has 0 unspecified atom stereocenters. The highest BCUT2D eigenvalue weighted by molar-refractivity contribution is 8.00. The SMILES string of the molecule is C[C@@H]1S[C@@H]2[C@H](NC(=O)/C(=N\O[C@@H](CC(=O)O)C(=O)O)c3csc(N)n3)C(=O)N2C(C(=O)O)=C1C[N+]1(CCNC(=O)c2ccc(O)c(O)c2C(=O)O)CCCC1. The molecule has 1 aromatic carbocycles. The van der Waals surface area contributed by atoms with Crippen LogP contribution in [0, 0.1) is 0 Å². The minimum Gasteiger partial charge on any atom is -0.504 e. The van der Waals surface area contributed by atoms with Crippen molar-refractivity contribution in [1.29, 1.82) is 0 Å². The maximum atomic E-state index is 13.6. The number of benzene rings is 1. The lowest BCUT2D eigenvalue weighted by atomic mass is 9.99. The first-order valence-electron chi connectivity index (χ1n) is 16.5. The Morgan fingerprint density at radius 1 is 1.09 bits per heavy atom. The number of carboxylic acids is 4. The molecule has 2 fully saturated rings. The van der Waals surface area contributed by atoms with Crippen molar-refractivity contribution in [2.24, 2.45) is 5.16 Å². The number of carbonyl (C=O) groups excluding carboxylic acids is 3. The molecule has 4 atom stereocenters. The van der Waals surface area contributed by atoms with Crippen LogP contribution in [-0.2, 0) is 28.8 Å². The Labute approximate surface area is 318 Å². The maximum absolute atomic E-state index is 13.6. The number of nitrogens with one attached hydrogen (secondary N) is 2. The van der Waals surface area contributed by atoms with E-state index in [1.807, 2.05) is 0 Å². The number of quaternary nitrogens is 1. The van der Waals surface area contributed by atoms with E-state index in [-0.39, 0.29) is 35.2 Å². The van der Waals surface area contributed by atoms with E-state index in [4.69, 9.17) is 15.7 Å². The number of aromatic nitrogens is 1. The van der Waals surface area contributed by atoms with E-state index in [0.29, 0.717) is 29.7 Å². The highest BCUT2D eigenvalue weighted by Crippen LogP contribution is 2.45. The summed E-state index contributed by atoms with van der Waals surface area (Å²) in [5.74, 6) is -10.4. The topological polar surface area (TPSA) is 329 Å². The van der Waals surface area contributed by atoms with Crippen molar-refractivity contribution in [2.75, 3.05) is 38.5 Å². The molecular formula is C32H36N7O14S2+. The summed E-state index contributed by atoms with van der Waals surface area (Å²) in [6, 6.07) is 0.807. The molecule has 0 aliphatic carbocycles. The largest absolute Gasteiger partial charge is 0.504 e. The van der Waals surface area contributed by atoms with E-state index in [1.165, 1.54) is 17.1 Å². The van der Waals surface area contributed by atoms with Crippen LogP contribution in [0.5, 0.6) is 11.5 Å². The monoisotopic (exact) mass is 806 g/mol. The zero-order valence-corrected chi connectivity index (χ0v) is 30.5. The third kappa shape index (κ3) is 8.42. The van der Waals surface area contributed by atoms with E-state index in [9.17, 15) is 59.1 Å². The van der Waals surface area contributed by atoms with Gasteiger partial charge in [-0.25, -0.2) is 19.4 Å². The number of hydrogen-bond donors (Lipinski definition) is 9. The minimum absolute atomic E-state index is 0.00733. The first-order valence-corrected chi connectivity index (χ1v) is 18.3. The lowest BCUT2D eigenvalue weighted by molar-refractivity contribution is -0.911. The third-order valence-electron chi connectivity index (χ3n) is 9.31. The van der Waals surface area contributed by atoms with Crippen LogP contribution in [0.4, 0.5) is 5.13 Å².